The van der Waals surface area contributed by atoms with E-state index in [-0.39, 0.29) is 0 Å². The van der Waals surface area contributed by atoms with Crippen molar-refractivity contribution in [3.8, 4) is 22.9 Å². The van der Waals surface area contributed by atoms with E-state index in [4.69, 9.17) is 9.47 Å². The van der Waals surface area contributed by atoms with E-state index < -0.39 is 15.6 Å². The van der Waals surface area contributed by atoms with Crippen molar-refractivity contribution in [3.63, 3.8) is 0 Å². The fourth-order valence-electron chi connectivity index (χ4n) is 3.34. The number of hydrogen-bond donors (Lipinski definition) is 2. The highest BCUT2D eigenvalue weighted by atomic mass is 32.3. The van der Waals surface area contributed by atoms with E-state index in [0.717, 1.165) is 11.4 Å². The third-order valence-electron chi connectivity index (χ3n) is 5.32. The van der Waals surface area contributed by atoms with Crippen LogP contribution in [0.3, 0.4) is 0 Å². The van der Waals surface area contributed by atoms with E-state index in [2.05, 4.69) is 44.1 Å². The average molecular weight is 523 g/mol. The molecule has 0 amide bonds. The molecule has 0 aliphatic carbocycles. The van der Waals surface area contributed by atoms with Crippen LogP contribution in [-0.4, -0.2) is 61.0 Å². The van der Waals surface area contributed by atoms with Gasteiger partial charge in [-0.1, -0.05) is 6.07 Å². The van der Waals surface area contributed by atoms with Crippen LogP contribution in [-0.2, 0) is 17.1 Å². The van der Waals surface area contributed by atoms with Crippen LogP contribution in [0.4, 0.5) is 11.5 Å². The maximum absolute atomic E-state index is 10.1. The number of nitrogens with zero attached hydrogens (tertiary/aromatic N) is 5. The highest BCUT2D eigenvalue weighted by Gasteiger charge is 2.18. The molecule has 4 aromatic heterocycles. The van der Waals surface area contributed by atoms with Crippen molar-refractivity contribution in [1.29, 1.82) is 0 Å². The maximum Gasteiger partial charge on any atom is 0.175 e. The largest absolute Gasteiger partial charge is 0.453 e. The van der Waals surface area contributed by atoms with Crippen molar-refractivity contribution in [2.24, 2.45) is 0 Å². The number of ether oxygens (including phenoxy) is 2. The van der Waals surface area contributed by atoms with Gasteiger partial charge in [-0.05, 0) is 62.9 Å². The Hall–Kier alpha value is -3.47. The summed E-state index contributed by atoms with van der Waals surface area (Å²) >= 11 is 0. The van der Waals surface area contributed by atoms with Crippen LogP contribution in [0, 0.1) is 0 Å². The summed E-state index contributed by atoms with van der Waals surface area (Å²) < 4.78 is 13.8. The zero-order chi connectivity index (χ0) is 26.5. The minimum atomic E-state index is -1.00. The molecule has 0 radical (unpaired) electrons. The van der Waals surface area contributed by atoms with E-state index in [0.29, 0.717) is 47.7 Å². The molecule has 0 unspecified atom stereocenters. The molecule has 0 saturated heterocycles. The summed E-state index contributed by atoms with van der Waals surface area (Å²) in [6.45, 7) is 4.41. The van der Waals surface area contributed by atoms with Gasteiger partial charge in [-0.3, -0.25) is 9.97 Å². The lowest BCUT2D eigenvalue weighted by molar-refractivity contribution is 0.0739. The summed E-state index contributed by atoms with van der Waals surface area (Å²) in [5.74, 6) is 2.79. The third kappa shape index (κ3) is 7.75. The summed E-state index contributed by atoms with van der Waals surface area (Å²) in [6, 6.07) is 12.9. The molecule has 4 rings (SSSR count). The summed E-state index contributed by atoms with van der Waals surface area (Å²) in [4.78, 5) is 13.2. The van der Waals surface area contributed by atoms with Gasteiger partial charge in [0.25, 0.3) is 0 Å². The monoisotopic (exact) mass is 522 g/mol. The molecule has 0 spiro atoms. The lowest BCUT2D eigenvalue weighted by atomic mass is 10.1. The van der Waals surface area contributed by atoms with Crippen molar-refractivity contribution >= 4 is 21.5 Å². The Kier molecular flexibility index (Phi) is 8.11. The number of rotatable bonds is 11. The van der Waals surface area contributed by atoms with E-state index in [1.165, 1.54) is 0 Å². The molecule has 0 aromatic carbocycles. The Morgan fingerprint density at radius 2 is 1.86 bits per heavy atom. The second kappa shape index (κ2) is 11.3. The molecule has 10 heteroatoms. The van der Waals surface area contributed by atoms with E-state index in [1.807, 2.05) is 30.5 Å². The SMILES string of the molecule is CC(C)(O)c1ccc(Nc2cc(Oc3cn(COCCS(C)(C)C)nc3-c3ccccn3)ccn2)cn1. The molecular formula is C27H34N6O3S. The highest BCUT2D eigenvalue weighted by molar-refractivity contribution is 8.32. The van der Waals surface area contributed by atoms with Crippen LogP contribution in [0.2, 0.25) is 0 Å². The Morgan fingerprint density at radius 3 is 2.54 bits per heavy atom. The van der Waals surface area contributed by atoms with Crippen molar-refractivity contribution < 1.29 is 14.6 Å². The lowest BCUT2D eigenvalue weighted by Crippen LogP contribution is -2.17. The second-order valence-electron chi connectivity index (χ2n) is 10.0. The zero-order valence-corrected chi connectivity index (χ0v) is 22.7. The van der Waals surface area contributed by atoms with Crippen LogP contribution in [0.1, 0.15) is 19.5 Å². The molecule has 0 fully saturated rings. The van der Waals surface area contributed by atoms with Crippen LogP contribution in [0.5, 0.6) is 11.5 Å². The van der Waals surface area contributed by atoms with Gasteiger partial charge in [0.15, 0.2) is 11.4 Å². The lowest BCUT2D eigenvalue weighted by Gasteiger charge is -2.24. The van der Waals surface area contributed by atoms with Crippen LogP contribution < -0.4 is 10.1 Å². The van der Waals surface area contributed by atoms with E-state index in [9.17, 15) is 5.11 Å². The van der Waals surface area contributed by atoms with Crippen molar-refractivity contribution in [2.45, 2.75) is 26.2 Å². The normalized spacial score (nSPS) is 12.4. The molecule has 2 N–H and O–H groups in total. The van der Waals surface area contributed by atoms with Crippen molar-refractivity contribution in [3.05, 3.63) is 72.9 Å². The first-order chi connectivity index (χ1) is 17.6. The summed E-state index contributed by atoms with van der Waals surface area (Å²) in [5, 5.41) is 18.0. The quantitative estimate of drug-likeness (QED) is 0.260. The van der Waals surface area contributed by atoms with Gasteiger partial charge in [-0.25, -0.2) is 19.7 Å². The Labute approximate surface area is 219 Å². The predicted octanol–water partition coefficient (Wildman–Crippen LogP) is 5.17. The van der Waals surface area contributed by atoms with Gasteiger partial charge in [-0.2, -0.15) is 5.10 Å². The predicted molar refractivity (Wildman–Crippen MR) is 149 cm³/mol. The molecule has 0 aliphatic heterocycles. The smallest absolute Gasteiger partial charge is 0.175 e. The number of pyridine rings is 3. The Morgan fingerprint density at radius 1 is 1.03 bits per heavy atom. The molecule has 0 bridgehead atoms. The second-order valence-corrected chi connectivity index (χ2v) is 14.6. The zero-order valence-electron chi connectivity index (χ0n) is 21.9. The fraction of sp³-hybridized carbons (Fsp3) is 0.333. The number of aromatic nitrogens is 5. The van der Waals surface area contributed by atoms with Crippen LogP contribution in [0.25, 0.3) is 11.4 Å². The van der Waals surface area contributed by atoms with Crippen molar-refractivity contribution in [1.82, 2.24) is 24.7 Å². The molecule has 0 aliphatic rings. The van der Waals surface area contributed by atoms with Crippen LogP contribution in [0.15, 0.2) is 67.3 Å². The first-order valence-electron chi connectivity index (χ1n) is 11.9. The van der Waals surface area contributed by atoms with Crippen molar-refractivity contribution in [2.75, 3.05) is 36.4 Å². The van der Waals surface area contributed by atoms with Gasteiger partial charge in [0.2, 0.25) is 0 Å². The van der Waals surface area contributed by atoms with E-state index >= 15 is 0 Å². The maximum atomic E-state index is 10.1. The molecule has 9 nitrogen and oxygen atoms in total. The van der Waals surface area contributed by atoms with Gasteiger partial charge in [0.1, 0.15) is 23.9 Å². The molecule has 196 valence electrons. The summed E-state index contributed by atoms with van der Waals surface area (Å²) in [5.41, 5.74) is 1.67. The number of aliphatic hydroxyl groups is 1. The first kappa shape index (κ1) is 26.6. The molecule has 4 aromatic rings. The fourth-order valence-corrected chi connectivity index (χ4v) is 3.96. The summed E-state index contributed by atoms with van der Waals surface area (Å²) in [6.07, 6.45) is 13.7. The highest BCUT2D eigenvalue weighted by Crippen LogP contribution is 2.34. The minimum Gasteiger partial charge on any atom is -0.453 e. The minimum absolute atomic E-state index is 0.329. The number of hydrogen-bond acceptors (Lipinski definition) is 8. The van der Waals surface area contributed by atoms with Gasteiger partial charge >= 0.3 is 0 Å². The topological polar surface area (TPSA) is 107 Å². The van der Waals surface area contributed by atoms with Gasteiger partial charge in [0, 0.05) is 24.2 Å². The standard InChI is InChI=1S/C27H34N6O3S/c1-27(2,34)24-10-9-20(17-30-24)31-25-16-21(11-13-29-25)36-23-18-33(19-35-14-15-37(3,4)5)32-26(23)22-8-6-7-12-28-22/h6-13,16-18,34H,14-15,19H2,1-5H3,(H,29,31). The van der Waals surface area contributed by atoms with Crippen LogP contribution >= 0.6 is 10.0 Å². The molecule has 4 heterocycles. The Bertz CT molecular complexity index is 1300. The first-order valence-corrected chi connectivity index (χ1v) is 14.9. The molecule has 0 saturated carbocycles. The third-order valence-corrected chi connectivity index (χ3v) is 6.71. The van der Waals surface area contributed by atoms with Gasteiger partial charge in [-0.15, -0.1) is 0 Å². The van der Waals surface area contributed by atoms with Gasteiger partial charge < -0.3 is 19.9 Å². The number of anilines is 2. The average Bonchev–Trinajstić information content (AvgIpc) is 3.24. The molecule has 37 heavy (non-hydrogen) atoms. The van der Waals surface area contributed by atoms with Gasteiger partial charge in [0.05, 0.1) is 36.1 Å². The van der Waals surface area contributed by atoms with E-state index in [1.54, 1.807) is 55.3 Å². The Balaban J connectivity index is 1.50. The summed E-state index contributed by atoms with van der Waals surface area (Å²) in [7, 11) is -0.617. The molecular weight excluding hydrogens is 488 g/mol. The number of nitrogens with one attached hydrogen (secondary N) is 1. The molecule has 0 atom stereocenters.